The quantitative estimate of drug-likeness (QED) is 0.844. The average Bonchev–Trinajstić information content (AvgIpc) is 2.31. The number of hydrogen-bond acceptors (Lipinski definition) is 3. The van der Waals surface area contributed by atoms with Crippen LogP contribution in [0.3, 0.4) is 0 Å². The van der Waals surface area contributed by atoms with Crippen LogP contribution in [0, 0.1) is 11.3 Å². The molecule has 1 aromatic carbocycles. The fourth-order valence-corrected chi connectivity index (χ4v) is 2.91. The molecular weight excluding hydrogens is 304 g/mol. The monoisotopic (exact) mass is 316 g/mol. The van der Waals surface area contributed by atoms with Crippen LogP contribution in [0.4, 0.5) is 0 Å². The van der Waals surface area contributed by atoms with Gasteiger partial charge in [0.15, 0.2) is 0 Å². The Balaban J connectivity index is 3.01. The van der Waals surface area contributed by atoms with Gasteiger partial charge in [0, 0.05) is 11.9 Å². The van der Waals surface area contributed by atoms with Crippen molar-refractivity contribution in [3.63, 3.8) is 0 Å². The number of sulfonamides is 1. The van der Waals surface area contributed by atoms with E-state index < -0.39 is 10.0 Å². The number of nitrogens with zero attached hydrogens (tertiary/aromatic N) is 1. The Morgan fingerprint density at radius 1 is 1.41 bits per heavy atom. The van der Waals surface area contributed by atoms with E-state index in [2.05, 4.69) is 26.7 Å². The van der Waals surface area contributed by atoms with Gasteiger partial charge < -0.3 is 0 Å². The van der Waals surface area contributed by atoms with Gasteiger partial charge >= 0.3 is 0 Å². The molecule has 0 heterocycles. The zero-order valence-electron chi connectivity index (χ0n) is 9.35. The zero-order valence-corrected chi connectivity index (χ0v) is 11.8. The minimum absolute atomic E-state index is 0.217. The summed E-state index contributed by atoms with van der Waals surface area (Å²) in [6.07, 6.45) is 0. The molecule has 0 aliphatic rings. The lowest BCUT2D eigenvalue weighted by Gasteiger charge is -2.08. The Morgan fingerprint density at radius 3 is 2.41 bits per heavy atom. The van der Waals surface area contributed by atoms with Crippen molar-refractivity contribution in [2.45, 2.75) is 17.7 Å². The SMILES string of the molecule is CCNS(=O)(=O)c1ccc(C(C#N)CBr)cc1. The summed E-state index contributed by atoms with van der Waals surface area (Å²) in [6.45, 7) is 2.08. The highest BCUT2D eigenvalue weighted by molar-refractivity contribution is 9.09. The van der Waals surface area contributed by atoms with Crippen molar-refractivity contribution in [1.29, 1.82) is 5.26 Å². The first kappa shape index (κ1) is 14.2. The third-order valence-corrected chi connectivity index (χ3v) is 4.45. The molecule has 17 heavy (non-hydrogen) atoms. The Hall–Kier alpha value is -0.900. The Labute approximate surface area is 110 Å². The van der Waals surface area contributed by atoms with Gasteiger partial charge in [0.1, 0.15) is 0 Å². The molecule has 6 heteroatoms. The predicted molar refractivity (Wildman–Crippen MR) is 69.5 cm³/mol. The molecule has 0 saturated carbocycles. The second kappa shape index (κ2) is 6.15. The molecule has 92 valence electrons. The van der Waals surface area contributed by atoms with Crippen LogP contribution < -0.4 is 4.72 Å². The zero-order chi connectivity index (χ0) is 12.9. The van der Waals surface area contributed by atoms with E-state index in [1.807, 2.05) is 0 Å². The molecule has 0 radical (unpaired) electrons. The largest absolute Gasteiger partial charge is 0.240 e. The summed E-state index contributed by atoms with van der Waals surface area (Å²) < 4.78 is 25.7. The minimum Gasteiger partial charge on any atom is -0.211 e. The van der Waals surface area contributed by atoms with Crippen LogP contribution in [0.5, 0.6) is 0 Å². The average molecular weight is 317 g/mol. The lowest BCUT2D eigenvalue weighted by molar-refractivity contribution is 0.584. The Bertz CT molecular complexity index is 505. The molecule has 1 N–H and O–H groups in total. The third kappa shape index (κ3) is 3.53. The van der Waals surface area contributed by atoms with Crippen LogP contribution in [0.15, 0.2) is 29.2 Å². The van der Waals surface area contributed by atoms with E-state index in [0.29, 0.717) is 11.9 Å². The summed E-state index contributed by atoms with van der Waals surface area (Å²) >= 11 is 3.24. The van der Waals surface area contributed by atoms with Gasteiger partial charge in [-0.15, -0.1) is 0 Å². The van der Waals surface area contributed by atoms with Crippen molar-refractivity contribution in [2.75, 3.05) is 11.9 Å². The summed E-state index contributed by atoms with van der Waals surface area (Å²) in [5.74, 6) is -0.258. The second-order valence-electron chi connectivity index (χ2n) is 3.41. The van der Waals surface area contributed by atoms with E-state index in [9.17, 15) is 8.42 Å². The van der Waals surface area contributed by atoms with Gasteiger partial charge in [-0.25, -0.2) is 13.1 Å². The van der Waals surface area contributed by atoms with Crippen molar-refractivity contribution in [1.82, 2.24) is 4.72 Å². The number of rotatable bonds is 5. The normalized spacial score (nSPS) is 13.0. The lowest BCUT2D eigenvalue weighted by Crippen LogP contribution is -2.23. The summed E-state index contributed by atoms with van der Waals surface area (Å²) in [5.41, 5.74) is 0.805. The van der Waals surface area contributed by atoms with Crippen LogP contribution >= 0.6 is 15.9 Å². The van der Waals surface area contributed by atoms with Gasteiger partial charge in [-0.1, -0.05) is 35.0 Å². The van der Waals surface area contributed by atoms with Crippen LogP contribution in [-0.2, 0) is 10.0 Å². The Kier molecular flexibility index (Phi) is 5.12. The molecule has 1 aromatic rings. The van der Waals surface area contributed by atoms with Crippen molar-refractivity contribution >= 4 is 26.0 Å². The molecule has 0 aliphatic heterocycles. The highest BCUT2D eigenvalue weighted by Gasteiger charge is 2.14. The number of halogens is 1. The van der Waals surface area contributed by atoms with E-state index in [1.165, 1.54) is 12.1 Å². The van der Waals surface area contributed by atoms with Gasteiger partial charge in [0.25, 0.3) is 0 Å². The molecule has 1 unspecified atom stereocenters. The molecule has 0 aliphatic carbocycles. The maximum Gasteiger partial charge on any atom is 0.240 e. The summed E-state index contributed by atoms with van der Waals surface area (Å²) in [7, 11) is -3.41. The number of alkyl halides is 1. The van der Waals surface area contributed by atoms with Gasteiger partial charge in [-0.2, -0.15) is 5.26 Å². The van der Waals surface area contributed by atoms with E-state index >= 15 is 0 Å². The fourth-order valence-electron chi connectivity index (χ4n) is 1.35. The minimum atomic E-state index is -3.41. The molecule has 0 aromatic heterocycles. The van der Waals surface area contributed by atoms with Crippen LogP contribution in [-0.4, -0.2) is 20.3 Å². The molecule has 0 fully saturated rings. The first-order valence-electron chi connectivity index (χ1n) is 5.10. The third-order valence-electron chi connectivity index (χ3n) is 2.24. The first-order chi connectivity index (χ1) is 8.05. The molecule has 4 nitrogen and oxygen atoms in total. The van der Waals surface area contributed by atoms with Crippen molar-refractivity contribution in [3.05, 3.63) is 29.8 Å². The maximum absolute atomic E-state index is 11.7. The summed E-state index contributed by atoms with van der Waals surface area (Å²) in [5, 5.41) is 9.41. The van der Waals surface area contributed by atoms with Crippen LogP contribution in [0.25, 0.3) is 0 Å². The molecule has 0 bridgehead atoms. The molecular formula is C11H13BrN2O2S. The number of hydrogen-bond donors (Lipinski definition) is 1. The lowest BCUT2D eigenvalue weighted by atomic mass is 10.0. The van der Waals surface area contributed by atoms with E-state index in [-0.39, 0.29) is 10.8 Å². The number of benzene rings is 1. The Morgan fingerprint density at radius 2 is 2.00 bits per heavy atom. The molecule has 0 spiro atoms. The number of nitriles is 1. The highest BCUT2D eigenvalue weighted by atomic mass is 79.9. The standard InChI is InChI=1S/C11H13BrN2O2S/c1-2-14-17(15,16)11-5-3-9(4-6-11)10(7-12)8-13/h3-6,10,14H,2,7H2,1H3. The highest BCUT2D eigenvalue weighted by Crippen LogP contribution is 2.19. The van der Waals surface area contributed by atoms with Crippen LogP contribution in [0.1, 0.15) is 18.4 Å². The smallest absolute Gasteiger partial charge is 0.211 e. The van der Waals surface area contributed by atoms with Crippen LogP contribution in [0.2, 0.25) is 0 Å². The van der Waals surface area contributed by atoms with Gasteiger partial charge in [-0.05, 0) is 17.7 Å². The van der Waals surface area contributed by atoms with Crippen molar-refractivity contribution in [3.8, 4) is 6.07 Å². The van der Waals surface area contributed by atoms with Crippen molar-refractivity contribution < 1.29 is 8.42 Å². The second-order valence-corrected chi connectivity index (χ2v) is 5.82. The fraction of sp³-hybridized carbons (Fsp3) is 0.364. The molecule has 1 rings (SSSR count). The molecule has 0 saturated heterocycles. The maximum atomic E-state index is 11.7. The van der Waals surface area contributed by atoms with E-state index in [0.717, 1.165) is 5.56 Å². The van der Waals surface area contributed by atoms with E-state index in [1.54, 1.807) is 19.1 Å². The van der Waals surface area contributed by atoms with Gasteiger partial charge in [-0.3, -0.25) is 0 Å². The predicted octanol–water partition coefficient (Wildman–Crippen LogP) is 1.99. The summed E-state index contributed by atoms with van der Waals surface area (Å²) in [4.78, 5) is 0.217. The summed E-state index contributed by atoms with van der Waals surface area (Å²) in [6, 6.07) is 8.50. The molecule has 0 amide bonds. The number of nitrogens with one attached hydrogen (secondary N) is 1. The topological polar surface area (TPSA) is 70.0 Å². The first-order valence-corrected chi connectivity index (χ1v) is 7.70. The van der Waals surface area contributed by atoms with Gasteiger partial charge in [0.2, 0.25) is 10.0 Å². The van der Waals surface area contributed by atoms with Crippen molar-refractivity contribution in [2.24, 2.45) is 0 Å². The van der Waals surface area contributed by atoms with E-state index in [4.69, 9.17) is 5.26 Å². The van der Waals surface area contributed by atoms with Gasteiger partial charge in [0.05, 0.1) is 16.9 Å². The molecule has 1 atom stereocenters.